The standard InChI is InChI=1S/C25H31NO2/c1-4-14-28-24-17-25(23-9-8-19(2)15-22(23)24)10-12-26(13-11-25)18-20-6-5-7-21(16-20)27-3/h4-9,15-16,24H,1,10-14,17-18H2,2-3H3. The van der Waals surface area contributed by atoms with Gasteiger partial charge in [0.05, 0.1) is 19.8 Å². The molecule has 1 heterocycles. The quantitative estimate of drug-likeness (QED) is 0.647. The molecule has 1 spiro atoms. The Morgan fingerprint density at radius 2 is 2.00 bits per heavy atom. The summed E-state index contributed by atoms with van der Waals surface area (Å²) in [5, 5.41) is 0. The van der Waals surface area contributed by atoms with Crippen molar-refractivity contribution in [3.63, 3.8) is 0 Å². The summed E-state index contributed by atoms with van der Waals surface area (Å²) in [6, 6.07) is 15.4. The summed E-state index contributed by atoms with van der Waals surface area (Å²) in [4.78, 5) is 2.58. The Labute approximate surface area is 169 Å². The smallest absolute Gasteiger partial charge is 0.119 e. The number of piperidine rings is 1. The van der Waals surface area contributed by atoms with Crippen LogP contribution < -0.4 is 4.74 Å². The van der Waals surface area contributed by atoms with Crippen molar-refractivity contribution in [3.8, 4) is 5.75 Å². The second kappa shape index (κ2) is 8.10. The van der Waals surface area contributed by atoms with Crippen LogP contribution in [0.4, 0.5) is 0 Å². The van der Waals surface area contributed by atoms with Gasteiger partial charge in [-0.15, -0.1) is 6.58 Å². The summed E-state index contributed by atoms with van der Waals surface area (Å²) in [7, 11) is 1.73. The van der Waals surface area contributed by atoms with Crippen LogP contribution in [0.15, 0.2) is 55.1 Å². The number of aryl methyl sites for hydroxylation is 1. The van der Waals surface area contributed by atoms with Gasteiger partial charge in [0.25, 0.3) is 0 Å². The Hall–Kier alpha value is -2.10. The number of fused-ring (bicyclic) bond motifs is 2. The largest absolute Gasteiger partial charge is 0.497 e. The lowest BCUT2D eigenvalue weighted by molar-refractivity contribution is 0.0483. The van der Waals surface area contributed by atoms with Gasteiger partial charge in [-0.25, -0.2) is 0 Å². The van der Waals surface area contributed by atoms with Crippen LogP contribution in [0.1, 0.15) is 47.6 Å². The normalized spacial score (nSPS) is 20.9. The molecule has 0 N–H and O–H groups in total. The van der Waals surface area contributed by atoms with E-state index in [0.717, 1.165) is 31.8 Å². The van der Waals surface area contributed by atoms with E-state index in [1.165, 1.54) is 35.1 Å². The Morgan fingerprint density at radius 1 is 1.18 bits per heavy atom. The average molecular weight is 378 g/mol. The summed E-state index contributed by atoms with van der Waals surface area (Å²) in [6.45, 7) is 9.85. The third kappa shape index (κ3) is 3.74. The lowest BCUT2D eigenvalue weighted by Gasteiger charge is -2.40. The SMILES string of the molecule is C=CCOC1CC2(CCN(Cc3cccc(OC)c3)CC2)c2ccc(C)cc21. The molecule has 0 saturated carbocycles. The molecule has 2 aromatic rings. The molecule has 148 valence electrons. The van der Waals surface area contributed by atoms with Crippen LogP contribution in [0.2, 0.25) is 0 Å². The number of hydrogen-bond donors (Lipinski definition) is 0. The number of ether oxygens (including phenoxy) is 2. The summed E-state index contributed by atoms with van der Waals surface area (Å²) >= 11 is 0. The Balaban J connectivity index is 1.48. The minimum Gasteiger partial charge on any atom is -0.497 e. The molecule has 0 bridgehead atoms. The van der Waals surface area contributed by atoms with Gasteiger partial charge in [-0.3, -0.25) is 4.90 Å². The van der Waals surface area contributed by atoms with Crippen molar-refractivity contribution in [1.82, 2.24) is 4.90 Å². The van der Waals surface area contributed by atoms with Gasteiger partial charge in [0.1, 0.15) is 5.75 Å². The number of likely N-dealkylation sites (tertiary alicyclic amines) is 1. The molecule has 0 radical (unpaired) electrons. The molecule has 1 aliphatic heterocycles. The van der Waals surface area contributed by atoms with E-state index >= 15 is 0 Å². The number of rotatable bonds is 6. The summed E-state index contributed by atoms with van der Waals surface area (Å²) in [5.41, 5.74) is 5.83. The van der Waals surface area contributed by atoms with E-state index < -0.39 is 0 Å². The fourth-order valence-electron chi connectivity index (χ4n) is 4.98. The molecular weight excluding hydrogens is 346 g/mol. The Bertz CT molecular complexity index is 836. The van der Waals surface area contributed by atoms with Crippen LogP contribution in [-0.2, 0) is 16.7 Å². The molecule has 28 heavy (non-hydrogen) atoms. The highest BCUT2D eigenvalue weighted by Crippen LogP contribution is 2.52. The second-order valence-electron chi connectivity index (χ2n) is 8.31. The maximum atomic E-state index is 6.16. The molecule has 0 aromatic heterocycles. The average Bonchev–Trinajstić information content (AvgIpc) is 3.01. The van der Waals surface area contributed by atoms with Gasteiger partial charge in [0, 0.05) is 12.0 Å². The van der Waals surface area contributed by atoms with Gasteiger partial charge in [0.15, 0.2) is 0 Å². The highest BCUT2D eigenvalue weighted by Gasteiger charge is 2.45. The van der Waals surface area contributed by atoms with Crippen molar-refractivity contribution in [2.24, 2.45) is 0 Å². The molecule has 2 aliphatic rings. The third-order valence-electron chi connectivity index (χ3n) is 6.47. The lowest BCUT2D eigenvalue weighted by Crippen LogP contribution is -2.41. The fraction of sp³-hybridized carbons (Fsp3) is 0.440. The third-order valence-corrected chi connectivity index (χ3v) is 6.47. The van der Waals surface area contributed by atoms with Crippen molar-refractivity contribution >= 4 is 0 Å². The minimum atomic E-state index is 0.206. The second-order valence-corrected chi connectivity index (χ2v) is 8.31. The van der Waals surface area contributed by atoms with Crippen LogP contribution in [0.5, 0.6) is 5.75 Å². The predicted molar refractivity (Wildman–Crippen MR) is 114 cm³/mol. The summed E-state index contributed by atoms with van der Waals surface area (Å²) in [6.07, 6.45) is 5.56. The first kappa shape index (κ1) is 19.2. The molecule has 0 amide bonds. The van der Waals surface area contributed by atoms with Gasteiger partial charge in [-0.2, -0.15) is 0 Å². The summed E-state index contributed by atoms with van der Waals surface area (Å²) in [5.74, 6) is 0.938. The first-order chi connectivity index (χ1) is 13.6. The zero-order valence-electron chi connectivity index (χ0n) is 17.1. The highest BCUT2D eigenvalue weighted by atomic mass is 16.5. The maximum Gasteiger partial charge on any atom is 0.119 e. The highest BCUT2D eigenvalue weighted by molar-refractivity contribution is 5.44. The van der Waals surface area contributed by atoms with Crippen LogP contribution in [0.3, 0.4) is 0 Å². The molecule has 1 unspecified atom stereocenters. The molecule has 1 saturated heterocycles. The van der Waals surface area contributed by atoms with E-state index in [1.54, 1.807) is 7.11 Å². The Kier molecular flexibility index (Phi) is 5.56. The van der Waals surface area contributed by atoms with E-state index in [-0.39, 0.29) is 11.5 Å². The maximum absolute atomic E-state index is 6.16. The number of methoxy groups -OCH3 is 1. The van der Waals surface area contributed by atoms with Crippen molar-refractivity contribution < 1.29 is 9.47 Å². The predicted octanol–water partition coefficient (Wildman–Crippen LogP) is 5.18. The molecule has 4 rings (SSSR count). The van der Waals surface area contributed by atoms with E-state index in [1.807, 2.05) is 12.1 Å². The van der Waals surface area contributed by atoms with Gasteiger partial charge < -0.3 is 9.47 Å². The minimum absolute atomic E-state index is 0.206. The van der Waals surface area contributed by atoms with Gasteiger partial charge >= 0.3 is 0 Å². The molecular formula is C25H31NO2. The van der Waals surface area contributed by atoms with Crippen LogP contribution in [0, 0.1) is 6.92 Å². The monoisotopic (exact) mass is 377 g/mol. The van der Waals surface area contributed by atoms with E-state index in [2.05, 4.69) is 54.8 Å². The first-order valence-corrected chi connectivity index (χ1v) is 10.3. The lowest BCUT2D eigenvalue weighted by atomic mass is 9.73. The number of nitrogens with zero attached hydrogens (tertiary/aromatic N) is 1. The van der Waals surface area contributed by atoms with E-state index in [4.69, 9.17) is 9.47 Å². The molecule has 1 fully saturated rings. The first-order valence-electron chi connectivity index (χ1n) is 10.3. The number of hydrogen-bond acceptors (Lipinski definition) is 3. The van der Waals surface area contributed by atoms with Crippen molar-refractivity contribution in [1.29, 1.82) is 0 Å². The van der Waals surface area contributed by atoms with Gasteiger partial charge in [-0.05, 0) is 68.1 Å². The molecule has 2 aromatic carbocycles. The van der Waals surface area contributed by atoms with E-state index in [9.17, 15) is 0 Å². The fourth-order valence-corrected chi connectivity index (χ4v) is 4.98. The van der Waals surface area contributed by atoms with Crippen LogP contribution >= 0.6 is 0 Å². The van der Waals surface area contributed by atoms with Gasteiger partial charge in [-0.1, -0.05) is 42.0 Å². The zero-order valence-corrected chi connectivity index (χ0v) is 17.1. The van der Waals surface area contributed by atoms with Crippen LogP contribution in [-0.4, -0.2) is 31.7 Å². The van der Waals surface area contributed by atoms with Crippen molar-refractivity contribution in [2.45, 2.75) is 44.2 Å². The van der Waals surface area contributed by atoms with Crippen LogP contribution in [0.25, 0.3) is 0 Å². The summed E-state index contributed by atoms with van der Waals surface area (Å²) < 4.78 is 11.5. The molecule has 1 atom stereocenters. The topological polar surface area (TPSA) is 21.7 Å². The van der Waals surface area contributed by atoms with Crippen molar-refractivity contribution in [2.75, 3.05) is 26.8 Å². The molecule has 3 nitrogen and oxygen atoms in total. The van der Waals surface area contributed by atoms with Crippen molar-refractivity contribution in [3.05, 3.63) is 77.4 Å². The molecule has 1 aliphatic carbocycles. The van der Waals surface area contributed by atoms with Gasteiger partial charge in [0.2, 0.25) is 0 Å². The number of benzene rings is 2. The van der Waals surface area contributed by atoms with E-state index in [0.29, 0.717) is 6.61 Å². The Morgan fingerprint density at radius 3 is 2.75 bits per heavy atom. The zero-order chi connectivity index (χ0) is 19.6. The molecule has 3 heteroatoms.